The van der Waals surface area contributed by atoms with Crippen molar-refractivity contribution in [2.45, 2.75) is 18.7 Å². The predicted octanol–water partition coefficient (Wildman–Crippen LogP) is 1.74. The average Bonchev–Trinajstić information content (AvgIpc) is 2.69. The highest BCUT2D eigenvalue weighted by molar-refractivity contribution is 7.89. The van der Waals surface area contributed by atoms with Crippen LogP contribution in [0, 0.1) is 17.7 Å². The van der Waals surface area contributed by atoms with Crippen LogP contribution in [-0.2, 0) is 10.0 Å². The maximum absolute atomic E-state index is 13.8. The quantitative estimate of drug-likeness (QED) is 0.863. The van der Waals surface area contributed by atoms with Crippen LogP contribution in [0.25, 0.3) is 0 Å². The monoisotopic (exact) mass is 316 g/mol. The fraction of sp³-hybridized carbons (Fsp3) is 0.462. The van der Waals surface area contributed by atoms with Crippen LogP contribution in [0.15, 0.2) is 23.1 Å². The molecule has 0 bridgehead atoms. The van der Waals surface area contributed by atoms with Gasteiger partial charge in [0.05, 0.1) is 10.5 Å². The van der Waals surface area contributed by atoms with E-state index >= 15 is 0 Å². The van der Waals surface area contributed by atoms with Crippen molar-refractivity contribution in [1.29, 1.82) is 0 Å². The van der Waals surface area contributed by atoms with Crippen molar-refractivity contribution >= 4 is 27.2 Å². The topological polar surface area (TPSA) is 63.4 Å². The van der Waals surface area contributed by atoms with Gasteiger partial charge in [0, 0.05) is 13.1 Å². The number of nitrogens with zero attached hydrogens (tertiary/aromatic N) is 1. The number of hydrogen-bond donors (Lipinski definition) is 1. The lowest BCUT2D eigenvalue weighted by molar-refractivity contribution is 0.462. The number of rotatable bonds is 3. The Bertz CT molecular complexity index is 636. The van der Waals surface area contributed by atoms with Crippen LogP contribution in [0.3, 0.4) is 0 Å². The van der Waals surface area contributed by atoms with Crippen molar-refractivity contribution in [3.63, 3.8) is 0 Å². The molecular weight excluding hydrogens is 299 g/mol. The van der Waals surface area contributed by atoms with E-state index in [-0.39, 0.29) is 27.3 Å². The molecule has 1 aromatic carbocycles. The SMILES string of the molecule is CC1CN(S(=O)(=O)c2cccc(F)c2C(N)=S)CC1C. The number of hydrogen-bond acceptors (Lipinski definition) is 3. The molecule has 4 nitrogen and oxygen atoms in total. The zero-order chi connectivity index (χ0) is 15.1. The predicted molar refractivity (Wildman–Crippen MR) is 79.4 cm³/mol. The van der Waals surface area contributed by atoms with Gasteiger partial charge in [-0.05, 0) is 24.0 Å². The van der Waals surface area contributed by atoms with Crippen molar-refractivity contribution in [3.8, 4) is 0 Å². The van der Waals surface area contributed by atoms with E-state index in [1.165, 1.54) is 16.4 Å². The molecule has 1 saturated heterocycles. The summed E-state index contributed by atoms with van der Waals surface area (Å²) in [7, 11) is -3.78. The minimum atomic E-state index is -3.78. The van der Waals surface area contributed by atoms with Gasteiger partial charge in [-0.15, -0.1) is 0 Å². The summed E-state index contributed by atoms with van der Waals surface area (Å²) in [5.41, 5.74) is 5.27. The van der Waals surface area contributed by atoms with E-state index in [1.54, 1.807) is 0 Å². The van der Waals surface area contributed by atoms with Gasteiger partial charge in [0.2, 0.25) is 10.0 Å². The van der Waals surface area contributed by atoms with Crippen LogP contribution < -0.4 is 5.73 Å². The first kappa shape index (κ1) is 15.3. The summed E-state index contributed by atoms with van der Waals surface area (Å²) in [6.45, 7) is 4.86. The number of thiocarbonyl (C=S) groups is 1. The summed E-state index contributed by atoms with van der Waals surface area (Å²) in [6, 6.07) is 3.86. The fourth-order valence-corrected chi connectivity index (χ4v) is 4.50. The lowest BCUT2D eigenvalue weighted by Crippen LogP contribution is -2.31. The smallest absolute Gasteiger partial charge is 0.243 e. The largest absolute Gasteiger partial charge is 0.389 e. The lowest BCUT2D eigenvalue weighted by Gasteiger charge is -2.18. The first-order chi connectivity index (χ1) is 9.25. The molecule has 1 fully saturated rings. The summed E-state index contributed by atoms with van der Waals surface area (Å²) >= 11 is 4.78. The summed E-state index contributed by atoms with van der Waals surface area (Å²) in [6.07, 6.45) is 0. The third-order valence-electron chi connectivity index (χ3n) is 3.79. The Hall–Kier alpha value is -1.05. The molecule has 1 aliphatic heterocycles. The summed E-state index contributed by atoms with van der Waals surface area (Å²) in [5.74, 6) is -0.169. The molecule has 2 N–H and O–H groups in total. The Morgan fingerprint density at radius 3 is 2.40 bits per heavy atom. The van der Waals surface area contributed by atoms with E-state index in [2.05, 4.69) is 0 Å². The average molecular weight is 316 g/mol. The normalized spacial score (nSPS) is 23.9. The van der Waals surface area contributed by atoms with Crippen molar-refractivity contribution in [2.24, 2.45) is 17.6 Å². The first-order valence-electron chi connectivity index (χ1n) is 6.33. The number of nitrogens with two attached hydrogens (primary N) is 1. The molecule has 0 saturated carbocycles. The van der Waals surface area contributed by atoms with Crippen LogP contribution >= 0.6 is 12.2 Å². The molecule has 2 rings (SSSR count). The van der Waals surface area contributed by atoms with Gasteiger partial charge in [-0.1, -0.05) is 32.1 Å². The van der Waals surface area contributed by atoms with E-state index in [0.717, 1.165) is 6.07 Å². The molecule has 0 aliphatic carbocycles. The number of halogens is 1. The van der Waals surface area contributed by atoms with E-state index in [1.807, 2.05) is 13.8 Å². The van der Waals surface area contributed by atoms with Gasteiger partial charge >= 0.3 is 0 Å². The minimum absolute atomic E-state index is 0.147. The molecule has 7 heteroatoms. The van der Waals surface area contributed by atoms with Crippen LogP contribution in [0.2, 0.25) is 0 Å². The zero-order valence-corrected chi connectivity index (χ0v) is 13.0. The molecular formula is C13H17FN2O2S2. The molecule has 20 heavy (non-hydrogen) atoms. The molecule has 0 spiro atoms. The molecule has 0 amide bonds. The van der Waals surface area contributed by atoms with Gasteiger partial charge in [-0.3, -0.25) is 0 Å². The van der Waals surface area contributed by atoms with Gasteiger partial charge in [0.15, 0.2) is 0 Å². The van der Waals surface area contributed by atoms with E-state index in [9.17, 15) is 12.8 Å². The Balaban J connectivity index is 2.51. The standard InChI is InChI=1S/C13H17FN2O2S2/c1-8-6-16(7-9(8)2)20(17,18)11-5-3-4-10(14)12(11)13(15)19/h3-5,8-9H,6-7H2,1-2H3,(H2,15,19). The van der Waals surface area contributed by atoms with Crippen molar-refractivity contribution in [1.82, 2.24) is 4.31 Å². The highest BCUT2D eigenvalue weighted by Gasteiger charge is 2.36. The molecule has 1 aliphatic rings. The number of benzene rings is 1. The third-order valence-corrected chi connectivity index (χ3v) is 5.87. The Labute approximate surface area is 123 Å². The molecule has 110 valence electrons. The van der Waals surface area contributed by atoms with E-state index < -0.39 is 15.8 Å². The van der Waals surface area contributed by atoms with Gasteiger partial charge in [0.25, 0.3) is 0 Å². The van der Waals surface area contributed by atoms with Gasteiger partial charge in [-0.25, -0.2) is 12.8 Å². The summed E-state index contributed by atoms with van der Waals surface area (Å²) in [5, 5.41) is 0. The molecule has 0 aromatic heterocycles. The highest BCUT2D eigenvalue weighted by Crippen LogP contribution is 2.30. The third kappa shape index (κ3) is 2.57. The summed E-state index contributed by atoms with van der Waals surface area (Å²) < 4.78 is 40.5. The second kappa shape index (κ2) is 5.38. The fourth-order valence-electron chi connectivity index (χ4n) is 2.37. The molecule has 2 unspecified atom stereocenters. The van der Waals surface area contributed by atoms with Crippen LogP contribution in [0.1, 0.15) is 19.4 Å². The zero-order valence-electron chi connectivity index (χ0n) is 11.3. The van der Waals surface area contributed by atoms with Crippen LogP contribution in [0.5, 0.6) is 0 Å². The van der Waals surface area contributed by atoms with Crippen LogP contribution in [-0.4, -0.2) is 30.8 Å². The second-order valence-electron chi connectivity index (χ2n) is 5.25. The maximum atomic E-state index is 13.8. The van der Waals surface area contributed by atoms with Gasteiger partial charge < -0.3 is 5.73 Å². The Kier molecular flexibility index (Phi) is 4.13. The van der Waals surface area contributed by atoms with Crippen molar-refractivity contribution in [2.75, 3.05) is 13.1 Å². The highest BCUT2D eigenvalue weighted by atomic mass is 32.2. The molecule has 2 atom stereocenters. The minimum Gasteiger partial charge on any atom is -0.389 e. The maximum Gasteiger partial charge on any atom is 0.243 e. The molecule has 0 radical (unpaired) electrons. The number of sulfonamides is 1. The molecule has 1 heterocycles. The Morgan fingerprint density at radius 1 is 1.35 bits per heavy atom. The molecule has 1 aromatic rings. The van der Waals surface area contributed by atoms with E-state index in [0.29, 0.717) is 13.1 Å². The van der Waals surface area contributed by atoms with Gasteiger partial charge in [-0.2, -0.15) is 4.31 Å². The summed E-state index contributed by atoms with van der Waals surface area (Å²) in [4.78, 5) is -0.395. The van der Waals surface area contributed by atoms with Crippen molar-refractivity contribution < 1.29 is 12.8 Å². The van der Waals surface area contributed by atoms with Crippen molar-refractivity contribution in [3.05, 3.63) is 29.6 Å². The van der Waals surface area contributed by atoms with Crippen LogP contribution in [0.4, 0.5) is 4.39 Å². The first-order valence-corrected chi connectivity index (χ1v) is 8.18. The Morgan fingerprint density at radius 2 is 1.90 bits per heavy atom. The lowest BCUT2D eigenvalue weighted by atomic mass is 10.0. The van der Waals surface area contributed by atoms with Gasteiger partial charge in [0.1, 0.15) is 10.8 Å². The second-order valence-corrected chi connectivity index (χ2v) is 7.60. The van der Waals surface area contributed by atoms with E-state index in [4.69, 9.17) is 18.0 Å².